The first-order valence-electron chi connectivity index (χ1n) is 3.32. The van der Waals surface area contributed by atoms with Crippen molar-refractivity contribution >= 4 is 18.4 Å². The first-order valence-corrected chi connectivity index (χ1v) is 3.32. The highest BCUT2D eigenvalue weighted by molar-refractivity contribution is 5.85. The molecule has 5 N–H and O–H groups in total. The largest absolute Gasteiger partial charge is 0.479 e. The van der Waals surface area contributed by atoms with E-state index in [0.29, 0.717) is 6.42 Å². The third kappa shape index (κ3) is 5.01. The Morgan fingerprint density at radius 2 is 2.00 bits per heavy atom. The number of aliphatic carboxylic acids is 1. The Hall–Kier alpha value is -0.320. The van der Waals surface area contributed by atoms with Gasteiger partial charge in [0, 0.05) is 0 Å². The van der Waals surface area contributed by atoms with E-state index in [4.69, 9.17) is 16.6 Å². The molecule has 5 heteroatoms. The van der Waals surface area contributed by atoms with Crippen LogP contribution in [-0.4, -0.2) is 16.7 Å². The number of carboxylic acid groups (broad SMARTS) is 1. The quantitative estimate of drug-likeness (QED) is 0.546. The third-order valence-electron chi connectivity index (χ3n) is 1.34. The lowest BCUT2D eigenvalue weighted by Crippen LogP contribution is -2.56. The molecule has 0 aromatic carbocycles. The van der Waals surface area contributed by atoms with E-state index >= 15 is 0 Å². The van der Waals surface area contributed by atoms with Crippen LogP contribution < -0.4 is 11.5 Å². The summed E-state index contributed by atoms with van der Waals surface area (Å²) < 4.78 is 0. The van der Waals surface area contributed by atoms with Gasteiger partial charge in [0.2, 0.25) is 0 Å². The molecule has 11 heavy (non-hydrogen) atoms. The highest BCUT2D eigenvalue weighted by atomic mass is 35.5. The van der Waals surface area contributed by atoms with Crippen molar-refractivity contribution in [3.05, 3.63) is 0 Å². The minimum Gasteiger partial charge on any atom is -0.479 e. The fourth-order valence-electron chi connectivity index (χ4n) is 0.576. The molecule has 0 amide bonds. The molecule has 0 saturated carbocycles. The fraction of sp³-hybridized carbons (Fsp3) is 0.833. The van der Waals surface area contributed by atoms with E-state index in [1.807, 2.05) is 6.92 Å². The minimum atomic E-state index is -1.53. The molecule has 0 unspecified atom stereocenters. The molecule has 0 heterocycles. The standard InChI is InChI=1S/C6H14N2O2.ClH/c1-2-3-4-6(7,8)5(9)10;/h2-4,7-8H2,1H3,(H,9,10);1H. The lowest BCUT2D eigenvalue weighted by molar-refractivity contribution is -0.143. The molecule has 0 aromatic rings. The second-order valence-corrected chi connectivity index (χ2v) is 2.45. The Labute approximate surface area is 72.4 Å². The Morgan fingerprint density at radius 3 is 2.27 bits per heavy atom. The molecular formula is C6H15ClN2O2. The number of hydrogen-bond donors (Lipinski definition) is 3. The second kappa shape index (κ2) is 5.35. The van der Waals surface area contributed by atoms with Crippen LogP contribution in [0.25, 0.3) is 0 Å². The van der Waals surface area contributed by atoms with Crippen LogP contribution in [-0.2, 0) is 4.79 Å². The maximum atomic E-state index is 10.3. The van der Waals surface area contributed by atoms with Gasteiger partial charge in [0.05, 0.1) is 0 Å². The van der Waals surface area contributed by atoms with Gasteiger partial charge in [-0.2, -0.15) is 0 Å². The van der Waals surface area contributed by atoms with Crippen LogP contribution in [0.15, 0.2) is 0 Å². The van der Waals surface area contributed by atoms with Crippen molar-refractivity contribution < 1.29 is 9.90 Å². The minimum absolute atomic E-state index is 0. The molecule has 0 aliphatic heterocycles. The van der Waals surface area contributed by atoms with Crippen LogP contribution >= 0.6 is 12.4 Å². The van der Waals surface area contributed by atoms with Gasteiger partial charge in [-0.1, -0.05) is 13.3 Å². The van der Waals surface area contributed by atoms with Crippen LogP contribution in [0.1, 0.15) is 26.2 Å². The van der Waals surface area contributed by atoms with E-state index in [2.05, 4.69) is 0 Å². The van der Waals surface area contributed by atoms with Gasteiger partial charge in [0.15, 0.2) is 5.66 Å². The van der Waals surface area contributed by atoms with E-state index in [1.54, 1.807) is 0 Å². The maximum absolute atomic E-state index is 10.3. The average molecular weight is 183 g/mol. The Morgan fingerprint density at radius 1 is 1.55 bits per heavy atom. The van der Waals surface area contributed by atoms with Crippen molar-refractivity contribution in [3.63, 3.8) is 0 Å². The second-order valence-electron chi connectivity index (χ2n) is 2.45. The number of nitrogens with two attached hydrogens (primary N) is 2. The maximum Gasteiger partial charge on any atom is 0.338 e. The molecule has 0 aliphatic rings. The summed E-state index contributed by atoms with van der Waals surface area (Å²) in [5.41, 5.74) is 8.92. The number of hydrogen-bond acceptors (Lipinski definition) is 3. The van der Waals surface area contributed by atoms with Crippen LogP contribution in [0.5, 0.6) is 0 Å². The summed E-state index contributed by atoms with van der Waals surface area (Å²) in [6, 6.07) is 0. The third-order valence-corrected chi connectivity index (χ3v) is 1.34. The van der Waals surface area contributed by atoms with Crippen LogP contribution in [0.4, 0.5) is 0 Å². The van der Waals surface area contributed by atoms with E-state index in [9.17, 15) is 4.79 Å². The Kier molecular flexibility index (Phi) is 6.46. The highest BCUT2D eigenvalue weighted by Crippen LogP contribution is 2.04. The van der Waals surface area contributed by atoms with E-state index in [0.717, 1.165) is 12.8 Å². The summed E-state index contributed by atoms with van der Waals surface area (Å²) in [6.07, 6.45) is 1.99. The summed E-state index contributed by atoms with van der Waals surface area (Å²) in [5, 5.41) is 8.42. The van der Waals surface area contributed by atoms with Crippen LogP contribution in [0.3, 0.4) is 0 Å². The van der Waals surface area contributed by atoms with Gasteiger partial charge in [-0.25, -0.2) is 4.79 Å². The molecule has 0 spiro atoms. The summed E-state index contributed by atoms with van der Waals surface area (Å²) in [5.74, 6) is -1.14. The summed E-state index contributed by atoms with van der Waals surface area (Å²) in [6.45, 7) is 1.96. The molecule has 68 valence electrons. The van der Waals surface area contributed by atoms with E-state index in [-0.39, 0.29) is 12.4 Å². The summed E-state index contributed by atoms with van der Waals surface area (Å²) >= 11 is 0. The zero-order valence-corrected chi connectivity index (χ0v) is 7.36. The summed E-state index contributed by atoms with van der Waals surface area (Å²) in [7, 11) is 0. The Balaban J connectivity index is 0. The Bertz CT molecular complexity index is 128. The zero-order chi connectivity index (χ0) is 8.20. The fourth-order valence-corrected chi connectivity index (χ4v) is 0.576. The zero-order valence-electron chi connectivity index (χ0n) is 6.54. The molecule has 0 radical (unpaired) electrons. The van der Waals surface area contributed by atoms with Crippen molar-refractivity contribution in [1.82, 2.24) is 0 Å². The van der Waals surface area contributed by atoms with Gasteiger partial charge in [0.25, 0.3) is 0 Å². The first kappa shape index (κ1) is 13.3. The number of carboxylic acids is 1. The predicted molar refractivity (Wildman–Crippen MR) is 45.5 cm³/mol. The normalized spacial score (nSPS) is 10.5. The van der Waals surface area contributed by atoms with Gasteiger partial charge < -0.3 is 16.6 Å². The lowest BCUT2D eigenvalue weighted by Gasteiger charge is -2.17. The summed E-state index contributed by atoms with van der Waals surface area (Å²) in [4.78, 5) is 10.3. The van der Waals surface area contributed by atoms with Crippen molar-refractivity contribution in [3.8, 4) is 0 Å². The smallest absolute Gasteiger partial charge is 0.338 e. The monoisotopic (exact) mass is 182 g/mol. The predicted octanol–water partition coefficient (Wildman–Crippen LogP) is 0.297. The van der Waals surface area contributed by atoms with Crippen molar-refractivity contribution in [2.75, 3.05) is 0 Å². The van der Waals surface area contributed by atoms with Gasteiger partial charge >= 0.3 is 5.97 Å². The van der Waals surface area contributed by atoms with Gasteiger partial charge in [-0.15, -0.1) is 12.4 Å². The van der Waals surface area contributed by atoms with Crippen molar-refractivity contribution in [1.29, 1.82) is 0 Å². The number of halogens is 1. The lowest BCUT2D eigenvalue weighted by atomic mass is 10.1. The molecule has 0 atom stereocenters. The van der Waals surface area contributed by atoms with E-state index < -0.39 is 11.6 Å². The number of unbranched alkanes of at least 4 members (excludes halogenated alkanes) is 1. The van der Waals surface area contributed by atoms with Crippen LogP contribution in [0.2, 0.25) is 0 Å². The molecule has 0 saturated heterocycles. The SMILES string of the molecule is CCCCC(N)(N)C(=O)O.Cl. The highest BCUT2D eigenvalue weighted by Gasteiger charge is 2.27. The molecule has 0 aliphatic carbocycles. The molecule has 0 rings (SSSR count). The topological polar surface area (TPSA) is 89.3 Å². The van der Waals surface area contributed by atoms with Crippen molar-refractivity contribution in [2.24, 2.45) is 11.5 Å². The molecule has 0 aromatic heterocycles. The van der Waals surface area contributed by atoms with Gasteiger partial charge in [-0.3, -0.25) is 0 Å². The molecule has 0 fully saturated rings. The van der Waals surface area contributed by atoms with Gasteiger partial charge in [-0.05, 0) is 12.8 Å². The van der Waals surface area contributed by atoms with Crippen LogP contribution in [0, 0.1) is 0 Å². The van der Waals surface area contributed by atoms with E-state index in [1.165, 1.54) is 0 Å². The first-order chi connectivity index (χ1) is 4.50. The molecule has 4 nitrogen and oxygen atoms in total. The van der Waals surface area contributed by atoms with Gasteiger partial charge in [0.1, 0.15) is 0 Å². The molecule has 0 bridgehead atoms. The molecular weight excluding hydrogens is 168 g/mol. The number of carbonyl (C=O) groups is 1. The number of rotatable bonds is 4. The average Bonchev–Trinajstić information content (AvgIpc) is 1.84. The van der Waals surface area contributed by atoms with Crippen molar-refractivity contribution in [2.45, 2.75) is 31.8 Å².